The normalized spacial score (nSPS) is 19.2. The first kappa shape index (κ1) is 13.9. The summed E-state index contributed by atoms with van der Waals surface area (Å²) in [4.78, 5) is 10.5. The number of hydrogen-bond acceptors (Lipinski definition) is 6. The van der Waals surface area contributed by atoms with Gasteiger partial charge in [-0.25, -0.2) is 5.84 Å². The summed E-state index contributed by atoms with van der Waals surface area (Å²) in [6, 6.07) is 2.34. The molecule has 0 saturated heterocycles. The molecule has 106 valence electrons. The number of hydrogen-bond donors (Lipinski definition) is 3. The Bertz CT molecular complexity index is 435. The highest BCUT2D eigenvalue weighted by atomic mass is 15.3. The van der Waals surface area contributed by atoms with E-state index in [9.17, 15) is 0 Å². The SMILES string of the molecule is CN(c1cc(NN)nc(N)n1)C1CCC(C)(C)CC1. The van der Waals surface area contributed by atoms with Crippen LogP contribution in [0.3, 0.4) is 0 Å². The lowest BCUT2D eigenvalue weighted by Crippen LogP contribution is -2.37. The molecule has 1 saturated carbocycles. The number of hydrazine groups is 1. The molecule has 1 aromatic rings. The molecule has 0 atom stereocenters. The molecule has 1 aliphatic carbocycles. The van der Waals surface area contributed by atoms with Crippen LogP contribution >= 0.6 is 0 Å². The van der Waals surface area contributed by atoms with Crippen LogP contribution in [0.25, 0.3) is 0 Å². The summed E-state index contributed by atoms with van der Waals surface area (Å²) in [6.07, 6.45) is 4.84. The van der Waals surface area contributed by atoms with E-state index < -0.39 is 0 Å². The number of nitrogens with zero attached hydrogens (tertiary/aromatic N) is 3. The van der Waals surface area contributed by atoms with Crippen LogP contribution in [0.15, 0.2) is 6.07 Å². The van der Waals surface area contributed by atoms with Crippen molar-refractivity contribution < 1.29 is 0 Å². The quantitative estimate of drug-likeness (QED) is 0.569. The lowest BCUT2D eigenvalue weighted by atomic mass is 9.75. The van der Waals surface area contributed by atoms with E-state index in [0.29, 0.717) is 17.3 Å². The number of nitrogen functional groups attached to an aromatic ring is 2. The average molecular weight is 264 g/mol. The summed E-state index contributed by atoms with van der Waals surface area (Å²) in [5, 5.41) is 0. The van der Waals surface area contributed by atoms with Gasteiger partial charge < -0.3 is 16.1 Å². The van der Waals surface area contributed by atoms with Crippen LogP contribution in [0.5, 0.6) is 0 Å². The molecule has 0 spiro atoms. The topological polar surface area (TPSA) is 93.1 Å². The van der Waals surface area contributed by atoms with Crippen LogP contribution in [0.4, 0.5) is 17.6 Å². The Labute approximate surface area is 114 Å². The highest BCUT2D eigenvalue weighted by Gasteiger charge is 2.29. The Hall–Kier alpha value is -1.56. The Morgan fingerprint density at radius 1 is 1.32 bits per heavy atom. The smallest absolute Gasteiger partial charge is 0.223 e. The van der Waals surface area contributed by atoms with E-state index in [1.54, 1.807) is 0 Å². The standard InChI is InChI=1S/C13H24N6/c1-13(2)6-4-9(5-7-13)19(3)11-8-10(18-15)16-12(14)17-11/h8-9H,4-7,15H2,1-3H3,(H3,14,16,17,18). The molecule has 6 heteroatoms. The monoisotopic (exact) mass is 264 g/mol. The van der Waals surface area contributed by atoms with Gasteiger partial charge in [-0.3, -0.25) is 0 Å². The molecule has 0 unspecified atom stereocenters. The molecule has 1 aromatic heterocycles. The second-order valence-electron chi connectivity index (χ2n) is 6.12. The first-order valence-corrected chi connectivity index (χ1v) is 6.75. The first-order chi connectivity index (χ1) is 8.91. The van der Waals surface area contributed by atoms with Crippen LogP contribution in [0, 0.1) is 5.41 Å². The Balaban J connectivity index is 2.11. The van der Waals surface area contributed by atoms with Crippen LogP contribution in [-0.4, -0.2) is 23.1 Å². The van der Waals surface area contributed by atoms with Gasteiger partial charge in [-0.2, -0.15) is 9.97 Å². The molecule has 1 aliphatic rings. The average Bonchev–Trinajstić information content (AvgIpc) is 2.37. The van der Waals surface area contributed by atoms with Crippen molar-refractivity contribution in [1.29, 1.82) is 0 Å². The first-order valence-electron chi connectivity index (χ1n) is 6.75. The fourth-order valence-electron chi connectivity index (χ4n) is 2.67. The molecule has 2 rings (SSSR count). The summed E-state index contributed by atoms with van der Waals surface area (Å²) in [6.45, 7) is 4.67. The molecule has 0 aromatic carbocycles. The largest absolute Gasteiger partial charge is 0.368 e. The van der Waals surface area contributed by atoms with E-state index in [2.05, 4.69) is 41.2 Å². The maximum atomic E-state index is 5.70. The van der Waals surface area contributed by atoms with Gasteiger partial charge in [0.15, 0.2) is 0 Å². The third-order valence-corrected chi connectivity index (χ3v) is 4.10. The van der Waals surface area contributed by atoms with Crippen molar-refractivity contribution in [2.45, 2.75) is 45.6 Å². The van der Waals surface area contributed by atoms with Gasteiger partial charge in [0.05, 0.1) is 0 Å². The number of nitrogens with two attached hydrogens (primary N) is 2. The number of rotatable bonds is 3. The zero-order valence-electron chi connectivity index (χ0n) is 12.0. The van der Waals surface area contributed by atoms with Crippen molar-refractivity contribution in [1.82, 2.24) is 9.97 Å². The van der Waals surface area contributed by atoms with Crippen LogP contribution in [0.1, 0.15) is 39.5 Å². The van der Waals surface area contributed by atoms with Crippen molar-refractivity contribution in [3.8, 4) is 0 Å². The molecular formula is C13H24N6. The van der Waals surface area contributed by atoms with Gasteiger partial charge >= 0.3 is 0 Å². The molecule has 6 nitrogen and oxygen atoms in total. The maximum Gasteiger partial charge on any atom is 0.223 e. The van der Waals surface area contributed by atoms with Gasteiger partial charge in [-0.15, -0.1) is 0 Å². The van der Waals surface area contributed by atoms with Crippen molar-refractivity contribution >= 4 is 17.6 Å². The van der Waals surface area contributed by atoms with E-state index in [-0.39, 0.29) is 5.95 Å². The van der Waals surface area contributed by atoms with Gasteiger partial charge in [0.2, 0.25) is 5.95 Å². The Kier molecular flexibility index (Phi) is 3.80. The van der Waals surface area contributed by atoms with Gasteiger partial charge in [0.25, 0.3) is 0 Å². The molecule has 1 heterocycles. The molecular weight excluding hydrogens is 240 g/mol. The van der Waals surface area contributed by atoms with E-state index in [1.165, 1.54) is 25.7 Å². The highest BCUT2D eigenvalue weighted by Crippen LogP contribution is 2.37. The molecule has 0 amide bonds. The van der Waals surface area contributed by atoms with Crippen molar-refractivity contribution in [2.75, 3.05) is 23.1 Å². The summed E-state index contributed by atoms with van der Waals surface area (Å²) >= 11 is 0. The van der Waals surface area contributed by atoms with E-state index in [1.807, 2.05) is 6.07 Å². The zero-order valence-corrected chi connectivity index (χ0v) is 12.0. The van der Waals surface area contributed by atoms with E-state index in [0.717, 1.165) is 5.82 Å². The minimum absolute atomic E-state index is 0.244. The number of aromatic nitrogens is 2. The maximum absolute atomic E-state index is 5.70. The van der Waals surface area contributed by atoms with Crippen molar-refractivity contribution in [3.63, 3.8) is 0 Å². The van der Waals surface area contributed by atoms with Gasteiger partial charge in [0, 0.05) is 19.2 Å². The fraction of sp³-hybridized carbons (Fsp3) is 0.692. The van der Waals surface area contributed by atoms with Crippen LogP contribution in [0.2, 0.25) is 0 Å². The summed E-state index contributed by atoms with van der Waals surface area (Å²) in [5.41, 5.74) is 8.69. The molecule has 1 fully saturated rings. The molecule has 0 aliphatic heterocycles. The van der Waals surface area contributed by atoms with E-state index in [4.69, 9.17) is 11.6 Å². The van der Waals surface area contributed by atoms with Crippen molar-refractivity contribution in [2.24, 2.45) is 11.3 Å². The second kappa shape index (κ2) is 5.21. The third kappa shape index (κ3) is 3.26. The number of nitrogens with one attached hydrogen (secondary N) is 1. The molecule has 0 bridgehead atoms. The van der Waals surface area contributed by atoms with Crippen LogP contribution < -0.4 is 21.9 Å². The van der Waals surface area contributed by atoms with E-state index >= 15 is 0 Å². The minimum atomic E-state index is 0.244. The van der Waals surface area contributed by atoms with Gasteiger partial charge in [-0.05, 0) is 31.1 Å². The molecule has 0 radical (unpaired) electrons. The third-order valence-electron chi connectivity index (χ3n) is 4.10. The van der Waals surface area contributed by atoms with Gasteiger partial charge in [-0.1, -0.05) is 13.8 Å². The summed E-state index contributed by atoms with van der Waals surface area (Å²) in [5.74, 6) is 7.00. The van der Waals surface area contributed by atoms with Gasteiger partial charge in [0.1, 0.15) is 11.6 Å². The minimum Gasteiger partial charge on any atom is -0.368 e. The lowest BCUT2D eigenvalue weighted by Gasteiger charge is -2.39. The lowest BCUT2D eigenvalue weighted by molar-refractivity contribution is 0.222. The summed E-state index contributed by atoms with van der Waals surface area (Å²) in [7, 11) is 2.06. The fourth-order valence-corrected chi connectivity index (χ4v) is 2.67. The van der Waals surface area contributed by atoms with Crippen molar-refractivity contribution in [3.05, 3.63) is 6.07 Å². The molecule has 5 N–H and O–H groups in total. The predicted molar refractivity (Wildman–Crippen MR) is 78.7 cm³/mol. The Morgan fingerprint density at radius 2 is 1.95 bits per heavy atom. The second-order valence-corrected chi connectivity index (χ2v) is 6.12. The molecule has 19 heavy (non-hydrogen) atoms. The van der Waals surface area contributed by atoms with Crippen LogP contribution in [-0.2, 0) is 0 Å². The number of anilines is 3. The zero-order chi connectivity index (χ0) is 14.0. The predicted octanol–water partition coefficient (Wildman–Crippen LogP) is 1.75. The summed E-state index contributed by atoms with van der Waals surface area (Å²) < 4.78 is 0. The highest BCUT2D eigenvalue weighted by molar-refractivity contribution is 5.52. The Morgan fingerprint density at radius 3 is 2.53 bits per heavy atom.